The third kappa shape index (κ3) is 7.54. The van der Waals surface area contributed by atoms with Crippen molar-refractivity contribution in [1.82, 2.24) is 5.32 Å². The normalized spacial score (nSPS) is 14.2. The predicted octanol–water partition coefficient (Wildman–Crippen LogP) is 2.81. The first-order valence-electron chi connectivity index (χ1n) is 6.84. The average molecular weight is 291 g/mol. The number of aliphatic hydroxyl groups is 1. The van der Waals surface area contributed by atoms with Crippen LogP contribution < -0.4 is 5.32 Å². The Morgan fingerprint density at radius 3 is 2.32 bits per heavy atom. The Morgan fingerprint density at radius 1 is 1.32 bits per heavy atom. The van der Waals surface area contributed by atoms with Crippen molar-refractivity contribution in [2.75, 3.05) is 13.2 Å². The molecule has 0 rings (SSSR count). The van der Waals surface area contributed by atoms with Crippen LogP contribution in [0.5, 0.6) is 0 Å². The largest absolute Gasteiger partial charge is 0.465 e. The molecule has 0 saturated carbocycles. The molecule has 0 saturated heterocycles. The van der Waals surface area contributed by atoms with Crippen LogP contribution in [0.2, 0.25) is 18.1 Å². The summed E-state index contributed by atoms with van der Waals surface area (Å²) in [4.78, 5) is 10.8. The van der Waals surface area contributed by atoms with Gasteiger partial charge in [0.2, 0.25) is 0 Å². The number of hydrogen-bond donors (Lipinski definition) is 3. The maximum Gasteiger partial charge on any atom is 0.404 e. The van der Waals surface area contributed by atoms with Crippen molar-refractivity contribution in [3.63, 3.8) is 0 Å². The smallest absolute Gasteiger partial charge is 0.404 e. The summed E-state index contributed by atoms with van der Waals surface area (Å²) >= 11 is 0. The van der Waals surface area contributed by atoms with Gasteiger partial charge in [0.1, 0.15) is 0 Å². The molecule has 19 heavy (non-hydrogen) atoms. The third-order valence-corrected chi connectivity index (χ3v) is 8.24. The molecule has 0 aromatic carbocycles. The molecule has 0 unspecified atom stereocenters. The van der Waals surface area contributed by atoms with E-state index < -0.39 is 14.4 Å². The van der Waals surface area contributed by atoms with Crippen molar-refractivity contribution in [1.29, 1.82) is 0 Å². The van der Waals surface area contributed by atoms with Gasteiger partial charge in [-0.2, -0.15) is 0 Å². The highest BCUT2D eigenvalue weighted by molar-refractivity contribution is 6.74. The highest BCUT2D eigenvalue weighted by Crippen LogP contribution is 2.36. The monoisotopic (exact) mass is 291 g/mol. The summed E-state index contributed by atoms with van der Waals surface area (Å²) in [7, 11) is -1.85. The molecule has 1 amide bonds. The second-order valence-corrected chi connectivity index (χ2v) is 11.2. The molecule has 1 atom stereocenters. The number of hydrogen-bond acceptors (Lipinski definition) is 3. The summed E-state index contributed by atoms with van der Waals surface area (Å²) in [6.07, 6.45) is 1.16. The van der Waals surface area contributed by atoms with Gasteiger partial charge in [-0.1, -0.05) is 20.8 Å². The zero-order valence-electron chi connectivity index (χ0n) is 12.8. The minimum Gasteiger partial charge on any atom is -0.465 e. The Labute approximate surface area is 117 Å². The van der Waals surface area contributed by atoms with Gasteiger partial charge in [-0.15, -0.1) is 0 Å². The topological polar surface area (TPSA) is 78.8 Å². The zero-order chi connectivity index (χ0) is 15.1. The number of aliphatic hydroxyl groups excluding tert-OH is 1. The minimum atomic E-state index is -1.85. The molecule has 0 spiro atoms. The number of rotatable bonds is 8. The number of carbonyl (C=O) groups is 1. The van der Waals surface area contributed by atoms with Gasteiger partial charge >= 0.3 is 6.09 Å². The van der Waals surface area contributed by atoms with E-state index in [2.05, 4.69) is 39.2 Å². The van der Waals surface area contributed by atoms with E-state index in [1.165, 1.54) is 0 Å². The first-order chi connectivity index (χ1) is 8.60. The third-order valence-electron chi connectivity index (χ3n) is 3.74. The van der Waals surface area contributed by atoms with Crippen molar-refractivity contribution in [2.45, 2.75) is 64.2 Å². The number of nitrogens with one attached hydrogen (secondary N) is 1. The van der Waals surface area contributed by atoms with Gasteiger partial charge in [-0.05, 0) is 37.4 Å². The number of unbranched alkanes of at least 4 members (excludes halogenated alkanes) is 1. The Bertz CT molecular complexity index is 276. The van der Waals surface area contributed by atoms with Crippen LogP contribution in [0.25, 0.3) is 0 Å². The lowest BCUT2D eigenvalue weighted by Gasteiger charge is -2.37. The first-order valence-corrected chi connectivity index (χ1v) is 9.75. The van der Waals surface area contributed by atoms with Gasteiger partial charge in [-0.3, -0.25) is 0 Å². The van der Waals surface area contributed by atoms with E-state index in [9.17, 15) is 4.79 Å². The van der Waals surface area contributed by atoms with Crippen molar-refractivity contribution in [3.8, 4) is 0 Å². The van der Waals surface area contributed by atoms with E-state index in [-0.39, 0.29) is 17.7 Å². The maximum atomic E-state index is 10.8. The Morgan fingerprint density at radius 2 is 1.89 bits per heavy atom. The summed E-state index contributed by atoms with van der Waals surface area (Å²) < 4.78 is 6.04. The predicted molar refractivity (Wildman–Crippen MR) is 79.0 cm³/mol. The SMILES string of the molecule is CC(C)(C)[Si](C)(C)OC[C@H](CCCCO)NC(=O)O. The maximum absolute atomic E-state index is 10.8. The van der Waals surface area contributed by atoms with Gasteiger partial charge in [0.15, 0.2) is 8.32 Å². The lowest BCUT2D eigenvalue weighted by molar-refractivity contribution is 0.175. The number of carboxylic acid groups (broad SMARTS) is 1. The Kier molecular flexibility index (Phi) is 7.62. The van der Waals surface area contributed by atoms with E-state index in [0.29, 0.717) is 19.4 Å². The van der Waals surface area contributed by atoms with Crippen LogP contribution in [-0.4, -0.2) is 43.9 Å². The van der Waals surface area contributed by atoms with E-state index >= 15 is 0 Å². The fourth-order valence-electron chi connectivity index (χ4n) is 1.40. The lowest BCUT2D eigenvalue weighted by atomic mass is 10.1. The molecular formula is C13H29NO4Si. The van der Waals surface area contributed by atoms with Gasteiger partial charge in [0, 0.05) is 6.61 Å². The zero-order valence-corrected chi connectivity index (χ0v) is 13.8. The minimum absolute atomic E-state index is 0.117. The molecule has 6 heteroatoms. The van der Waals surface area contributed by atoms with E-state index in [4.69, 9.17) is 14.6 Å². The van der Waals surface area contributed by atoms with Crippen molar-refractivity contribution >= 4 is 14.4 Å². The van der Waals surface area contributed by atoms with Crippen LogP contribution in [-0.2, 0) is 4.43 Å². The summed E-state index contributed by atoms with van der Waals surface area (Å²) in [6, 6.07) is -0.196. The van der Waals surface area contributed by atoms with Crippen molar-refractivity contribution in [2.24, 2.45) is 0 Å². The highest BCUT2D eigenvalue weighted by atomic mass is 28.4. The second-order valence-electron chi connectivity index (χ2n) is 6.44. The number of amides is 1. The molecule has 0 aromatic rings. The molecule has 0 bridgehead atoms. The van der Waals surface area contributed by atoms with Gasteiger partial charge in [-0.25, -0.2) is 4.79 Å². The van der Waals surface area contributed by atoms with Crippen LogP contribution in [0.15, 0.2) is 0 Å². The van der Waals surface area contributed by atoms with Crippen molar-refractivity contribution in [3.05, 3.63) is 0 Å². The van der Waals surface area contributed by atoms with E-state index in [0.717, 1.165) is 6.42 Å². The summed E-state index contributed by atoms with van der Waals surface area (Å²) in [5.74, 6) is 0. The van der Waals surface area contributed by atoms with Gasteiger partial charge in [0.25, 0.3) is 0 Å². The van der Waals surface area contributed by atoms with Crippen LogP contribution in [0.4, 0.5) is 4.79 Å². The molecule has 3 N–H and O–H groups in total. The molecule has 0 aliphatic carbocycles. The molecular weight excluding hydrogens is 262 g/mol. The van der Waals surface area contributed by atoms with Crippen LogP contribution in [0.3, 0.4) is 0 Å². The first kappa shape index (κ1) is 18.4. The van der Waals surface area contributed by atoms with Crippen LogP contribution in [0, 0.1) is 0 Å². The molecule has 0 fully saturated rings. The Hall–Kier alpha value is -0.593. The highest BCUT2D eigenvalue weighted by Gasteiger charge is 2.37. The Balaban J connectivity index is 4.35. The molecule has 5 nitrogen and oxygen atoms in total. The fourth-order valence-corrected chi connectivity index (χ4v) is 2.45. The fraction of sp³-hybridized carbons (Fsp3) is 0.923. The summed E-state index contributed by atoms with van der Waals surface area (Å²) in [5, 5.41) is 20.2. The lowest BCUT2D eigenvalue weighted by Crippen LogP contribution is -2.46. The quantitative estimate of drug-likeness (QED) is 0.474. The molecule has 0 aliphatic heterocycles. The average Bonchev–Trinajstić information content (AvgIpc) is 2.23. The molecule has 0 aliphatic rings. The standard InChI is InChI=1S/C13H29NO4Si/c1-13(2,3)19(4,5)18-10-11(14-12(16)17)8-6-7-9-15/h11,14-15H,6-10H2,1-5H3,(H,16,17)/t11-/m0/s1. The van der Waals surface area contributed by atoms with Gasteiger partial charge < -0.3 is 20.0 Å². The molecule has 0 heterocycles. The second kappa shape index (κ2) is 7.87. The van der Waals surface area contributed by atoms with E-state index in [1.807, 2.05) is 0 Å². The van der Waals surface area contributed by atoms with Crippen LogP contribution in [0.1, 0.15) is 40.0 Å². The summed E-state index contributed by atoms with van der Waals surface area (Å²) in [6.45, 7) is 11.3. The molecule has 0 radical (unpaired) electrons. The van der Waals surface area contributed by atoms with Crippen molar-refractivity contribution < 1.29 is 19.4 Å². The molecule has 0 aromatic heterocycles. The van der Waals surface area contributed by atoms with Gasteiger partial charge in [0.05, 0.1) is 12.6 Å². The summed E-state index contributed by atoms with van der Waals surface area (Å²) in [5.41, 5.74) is 0. The van der Waals surface area contributed by atoms with E-state index in [1.54, 1.807) is 0 Å². The van der Waals surface area contributed by atoms with Crippen LogP contribution >= 0.6 is 0 Å². The molecule has 114 valence electrons.